The van der Waals surface area contributed by atoms with E-state index in [9.17, 15) is 14.9 Å². The van der Waals surface area contributed by atoms with E-state index in [4.69, 9.17) is 0 Å². The molecular formula is C20H18N6O3. The molecule has 2 aromatic heterocycles. The smallest absolute Gasteiger partial charge is 0.345 e. The predicted octanol–water partition coefficient (Wildman–Crippen LogP) is 3.14. The minimum Gasteiger partial charge on any atom is -0.358 e. The quantitative estimate of drug-likeness (QED) is 0.402. The zero-order valence-electron chi connectivity index (χ0n) is 15.6. The molecule has 9 heteroatoms. The summed E-state index contributed by atoms with van der Waals surface area (Å²) < 4.78 is 2.81. The molecule has 29 heavy (non-hydrogen) atoms. The van der Waals surface area contributed by atoms with Crippen LogP contribution in [0.3, 0.4) is 0 Å². The van der Waals surface area contributed by atoms with Gasteiger partial charge >= 0.3 is 5.82 Å². The number of anilines is 1. The lowest BCUT2D eigenvalue weighted by atomic mass is 10.0. The van der Waals surface area contributed by atoms with Crippen molar-refractivity contribution in [1.29, 1.82) is 0 Å². The minimum atomic E-state index is -0.560. The van der Waals surface area contributed by atoms with E-state index in [2.05, 4.69) is 33.7 Å². The first-order valence-corrected chi connectivity index (χ1v) is 8.97. The van der Waals surface area contributed by atoms with Gasteiger partial charge in [0.25, 0.3) is 5.91 Å². The molecule has 2 heterocycles. The first-order valence-electron chi connectivity index (χ1n) is 8.97. The highest BCUT2D eigenvalue weighted by atomic mass is 16.6. The van der Waals surface area contributed by atoms with E-state index in [-0.39, 0.29) is 12.4 Å². The molecule has 0 spiro atoms. The maximum atomic E-state index is 12.3. The molecule has 0 aliphatic heterocycles. The number of amides is 1. The largest absolute Gasteiger partial charge is 0.358 e. The van der Waals surface area contributed by atoms with Crippen LogP contribution in [0.4, 0.5) is 11.5 Å². The molecule has 0 bridgehead atoms. The number of nitro groups is 1. The Morgan fingerprint density at radius 3 is 2.83 bits per heavy atom. The van der Waals surface area contributed by atoms with Gasteiger partial charge in [0.05, 0.1) is 30.2 Å². The Labute approximate surface area is 165 Å². The highest BCUT2D eigenvalue weighted by Gasteiger charge is 2.19. The van der Waals surface area contributed by atoms with Crippen molar-refractivity contribution in [3.05, 3.63) is 82.3 Å². The Morgan fingerprint density at radius 1 is 1.21 bits per heavy atom. The van der Waals surface area contributed by atoms with E-state index in [1.807, 2.05) is 24.3 Å². The number of benzene rings is 2. The van der Waals surface area contributed by atoms with Crippen molar-refractivity contribution in [3.63, 3.8) is 0 Å². The predicted molar refractivity (Wildman–Crippen MR) is 108 cm³/mol. The van der Waals surface area contributed by atoms with Crippen LogP contribution in [0.25, 0.3) is 10.8 Å². The van der Waals surface area contributed by atoms with Crippen LogP contribution in [0.15, 0.2) is 60.9 Å². The van der Waals surface area contributed by atoms with Crippen molar-refractivity contribution in [1.82, 2.24) is 19.6 Å². The fourth-order valence-corrected chi connectivity index (χ4v) is 3.25. The summed E-state index contributed by atoms with van der Waals surface area (Å²) in [5, 5.41) is 24.3. The van der Waals surface area contributed by atoms with Crippen LogP contribution in [-0.2, 0) is 17.9 Å². The van der Waals surface area contributed by atoms with Crippen LogP contribution in [0.1, 0.15) is 11.3 Å². The molecule has 0 radical (unpaired) electrons. The Morgan fingerprint density at radius 2 is 2.00 bits per heavy atom. The van der Waals surface area contributed by atoms with E-state index in [1.165, 1.54) is 6.07 Å². The Hall–Kier alpha value is -4.01. The number of hydrogen-bond donors (Lipinski definition) is 1. The number of carbonyl (C=O) groups excluding carboxylic acids is 1. The Kier molecular flexibility index (Phi) is 4.78. The van der Waals surface area contributed by atoms with Gasteiger partial charge in [-0.15, -0.1) is 4.68 Å². The zero-order chi connectivity index (χ0) is 20.4. The molecule has 4 aromatic rings. The summed E-state index contributed by atoms with van der Waals surface area (Å²) in [5.41, 5.74) is 2.11. The number of rotatable bonds is 6. The van der Waals surface area contributed by atoms with Crippen LogP contribution >= 0.6 is 0 Å². The molecule has 2 aromatic carbocycles. The molecule has 0 saturated carbocycles. The van der Waals surface area contributed by atoms with E-state index in [0.29, 0.717) is 17.9 Å². The maximum absolute atomic E-state index is 12.3. The summed E-state index contributed by atoms with van der Waals surface area (Å²) in [6.07, 6.45) is 3.27. The molecule has 0 aliphatic carbocycles. The minimum absolute atomic E-state index is 0.218. The van der Waals surface area contributed by atoms with Gasteiger partial charge in [-0.3, -0.25) is 9.48 Å². The molecule has 0 unspecified atom stereocenters. The van der Waals surface area contributed by atoms with Crippen molar-refractivity contribution in [2.75, 3.05) is 5.32 Å². The second-order valence-corrected chi connectivity index (χ2v) is 6.67. The van der Waals surface area contributed by atoms with Crippen molar-refractivity contribution < 1.29 is 9.72 Å². The summed E-state index contributed by atoms with van der Waals surface area (Å²) in [6, 6.07) is 15.6. The van der Waals surface area contributed by atoms with Gasteiger partial charge in [0.1, 0.15) is 0 Å². The first-order chi connectivity index (χ1) is 14.0. The van der Waals surface area contributed by atoms with Gasteiger partial charge in [-0.1, -0.05) is 47.6 Å². The average Bonchev–Trinajstić information content (AvgIpc) is 3.28. The molecule has 0 fully saturated rings. The van der Waals surface area contributed by atoms with Gasteiger partial charge in [-0.2, -0.15) is 5.10 Å². The Bertz CT molecular complexity index is 1200. The van der Waals surface area contributed by atoms with Crippen LogP contribution in [0.5, 0.6) is 0 Å². The molecule has 1 N–H and O–H groups in total. The summed E-state index contributed by atoms with van der Waals surface area (Å²) in [7, 11) is 0. The third kappa shape index (κ3) is 3.98. The highest BCUT2D eigenvalue weighted by Crippen LogP contribution is 2.20. The molecule has 4 rings (SSSR count). The van der Waals surface area contributed by atoms with E-state index in [0.717, 1.165) is 21.0 Å². The second kappa shape index (κ2) is 7.55. The first kappa shape index (κ1) is 18.4. The van der Waals surface area contributed by atoms with Crippen molar-refractivity contribution in [2.45, 2.75) is 20.0 Å². The second-order valence-electron chi connectivity index (χ2n) is 6.67. The van der Waals surface area contributed by atoms with Crippen molar-refractivity contribution in [2.24, 2.45) is 0 Å². The number of carbonyl (C=O) groups is 1. The summed E-state index contributed by atoms with van der Waals surface area (Å²) in [4.78, 5) is 22.8. The lowest BCUT2D eigenvalue weighted by Gasteiger charge is -2.06. The van der Waals surface area contributed by atoms with Gasteiger partial charge in [0, 0.05) is 6.20 Å². The molecule has 146 valence electrons. The zero-order valence-corrected chi connectivity index (χ0v) is 15.6. The third-order valence-electron chi connectivity index (χ3n) is 4.49. The normalized spacial score (nSPS) is 10.9. The topological polar surface area (TPSA) is 108 Å². The number of hydrogen-bond acceptors (Lipinski definition) is 5. The lowest BCUT2D eigenvalue weighted by molar-refractivity contribution is -0.392. The average molecular weight is 390 g/mol. The molecule has 0 saturated heterocycles. The molecular weight excluding hydrogens is 372 g/mol. The lowest BCUT2D eigenvalue weighted by Crippen LogP contribution is -2.20. The van der Waals surface area contributed by atoms with E-state index >= 15 is 0 Å². The monoisotopic (exact) mass is 390 g/mol. The highest BCUT2D eigenvalue weighted by molar-refractivity contribution is 5.90. The third-order valence-corrected chi connectivity index (χ3v) is 4.49. The SMILES string of the molecule is Cc1cc([N+](=O)[O-])n(CC(=O)Nc2cnn(Cc3cccc4ccccc34)c2)n1. The van der Waals surface area contributed by atoms with Gasteiger partial charge in [0.2, 0.25) is 0 Å². The van der Waals surface area contributed by atoms with Crippen molar-refractivity contribution >= 4 is 28.2 Å². The van der Waals surface area contributed by atoms with E-state index < -0.39 is 10.8 Å². The molecule has 0 atom stereocenters. The number of aromatic nitrogens is 4. The number of fused-ring (bicyclic) bond motifs is 1. The fraction of sp³-hybridized carbons (Fsp3) is 0.150. The summed E-state index contributed by atoms with van der Waals surface area (Å²) in [6.45, 7) is 1.94. The number of nitrogens with one attached hydrogen (secondary N) is 1. The molecule has 9 nitrogen and oxygen atoms in total. The van der Waals surface area contributed by atoms with E-state index in [1.54, 1.807) is 24.0 Å². The summed E-state index contributed by atoms with van der Waals surface area (Å²) in [5.74, 6) is -0.634. The van der Waals surface area contributed by atoms with Gasteiger partial charge < -0.3 is 15.4 Å². The van der Waals surface area contributed by atoms with Crippen molar-refractivity contribution in [3.8, 4) is 0 Å². The van der Waals surface area contributed by atoms with Gasteiger partial charge in [-0.25, -0.2) is 0 Å². The Balaban J connectivity index is 1.45. The molecule has 1 amide bonds. The number of nitrogens with zero attached hydrogens (tertiary/aromatic N) is 5. The fourth-order valence-electron chi connectivity index (χ4n) is 3.25. The van der Waals surface area contributed by atoms with Crippen LogP contribution in [-0.4, -0.2) is 30.4 Å². The van der Waals surface area contributed by atoms with Gasteiger partial charge in [0.15, 0.2) is 6.54 Å². The van der Waals surface area contributed by atoms with Gasteiger partial charge in [-0.05, 0) is 28.2 Å². The van der Waals surface area contributed by atoms with Crippen LogP contribution in [0.2, 0.25) is 0 Å². The standard InChI is InChI=1S/C20H18N6O3/c1-14-9-20(26(28)29)25(23-14)13-19(27)22-17-10-21-24(12-17)11-16-7-4-6-15-5-2-3-8-18(15)16/h2-10,12H,11,13H2,1H3,(H,22,27). The summed E-state index contributed by atoms with van der Waals surface area (Å²) >= 11 is 0. The van der Waals surface area contributed by atoms with Crippen LogP contribution < -0.4 is 5.32 Å². The maximum Gasteiger partial charge on any atom is 0.345 e. The van der Waals surface area contributed by atoms with Crippen LogP contribution in [0, 0.1) is 17.0 Å². The molecule has 0 aliphatic rings. The number of aryl methyl sites for hydroxylation is 1.